The minimum Gasteiger partial charge on any atom is -0.479 e. The highest BCUT2D eigenvalue weighted by molar-refractivity contribution is 5.84. The Balaban J connectivity index is 1.78. The van der Waals surface area contributed by atoms with Crippen LogP contribution in [0.2, 0.25) is 0 Å². The Morgan fingerprint density at radius 3 is 2.91 bits per heavy atom. The van der Waals surface area contributed by atoms with Gasteiger partial charge < -0.3 is 19.3 Å². The van der Waals surface area contributed by atoms with Crippen LogP contribution in [0, 0.1) is 6.92 Å². The van der Waals surface area contributed by atoms with E-state index in [2.05, 4.69) is 0 Å². The molecule has 1 atom stereocenters. The first-order valence-electron chi connectivity index (χ1n) is 7.23. The van der Waals surface area contributed by atoms with E-state index in [9.17, 15) is 9.59 Å². The third kappa shape index (κ3) is 2.69. The molecule has 0 unspecified atom stereocenters. The van der Waals surface area contributed by atoms with Crippen molar-refractivity contribution >= 4 is 22.8 Å². The first kappa shape index (κ1) is 14.6. The van der Waals surface area contributed by atoms with Crippen molar-refractivity contribution in [3.05, 3.63) is 36.0 Å². The number of benzene rings is 1. The van der Waals surface area contributed by atoms with E-state index in [0.717, 1.165) is 16.6 Å². The van der Waals surface area contributed by atoms with Crippen molar-refractivity contribution in [2.75, 3.05) is 19.7 Å². The van der Waals surface area contributed by atoms with Crippen LogP contribution in [0.3, 0.4) is 0 Å². The molecule has 1 aliphatic heterocycles. The van der Waals surface area contributed by atoms with Gasteiger partial charge in [0, 0.05) is 17.8 Å². The molecule has 1 aromatic carbocycles. The van der Waals surface area contributed by atoms with Gasteiger partial charge in [-0.15, -0.1) is 0 Å². The molecule has 116 valence electrons. The van der Waals surface area contributed by atoms with Gasteiger partial charge >= 0.3 is 5.97 Å². The smallest absolute Gasteiger partial charge is 0.334 e. The molecule has 6 heteroatoms. The molecular formula is C16H18N2O4. The molecule has 6 nitrogen and oxygen atoms in total. The Hall–Kier alpha value is -2.34. The summed E-state index contributed by atoms with van der Waals surface area (Å²) >= 11 is 0. The number of aliphatic carboxylic acids is 1. The number of para-hydroxylation sites is 1. The quantitative estimate of drug-likeness (QED) is 0.926. The van der Waals surface area contributed by atoms with Gasteiger partial charge in [0.2, 0.25) is 5.91 Å². The topological polar surface area (TPSA) is 71.8 Å². The van der Waals surface area contributed by atoms with Gasteiger partial charge in [-0.25, -0.2) is 4.79 Å². The first-order chi connectivity index (χ1) is 10.6. The third-order valence-electron chi connectivity index (χ3n) is 4.01. The lowest BCUT2D eigenvalue weighted by Crippen LogP contribution is -2.49. The van der Waals surface area contributed by atoms with Crippen LogP contribution >= 0.6 is 0 Å². The minimum atomic E-state index is -1.03. The molecule has 0 saturated carbocycles. The summed E-state index contributed by atoms with van der Waals surface area (Å²) in [5, 5.41) is 10.1. The lowest BCUT2D eigenvalue weighted by molar-refractivity contribution is -0.159. The summed E-state index contributed by atoms with van der Waals surface area (Å²) < 4.78 is 7.11. The second kappa shape index (κ2) is 5.81. The maximum Gasteiger partial charge on any atom is 0.334 e. The number of morpholine rings is 1. The Morgan fingerprint density at radius 1 is 1.36 bits per heavy atom. The van der Waals surface area contributed by atoms with Crippen molar-refractivity contribution in [3.63, 3.8) is 0 Å². The molecule has 0 bridgehead atoms. The van der Waals surface area contributed by atoms with E-state index in [1.54, 1.807) is 4.90 Å². The zero-order valence-corrected chi connectivity index (χ0v) is 12.4. The fraction of sp³-hybridized carbons (Fsp3) is 0.375. The molecule has 1 amide bonds. The Bertz CT molecular complexity index is 722. The van der Waals surface area contributed by atoms with Gasteiger partial charge in [0.1, 0.15) is 6.54 Å². The van der Waals surface area contributed by atoms with E-state index in [0.29, 0.717) is 6.54 Å². The molecule has 1 fully saturated rings. The highest BCUT2D eigenvalue weighted by atomic mass is 16.5. The van der Waals surface area contributed by atoms with Gasteiger partial charge in [-0.2, -0.15) is 0 Å². The van der Waals surface area contributed by atoms with Crippen LogP contribution in [-0.4, -0.2) is 52.3 Å². The summed E-state index contributed by atoms with van der Waals surface area (Å²) in [5.41, 5.74) is 2.02. The molecule has 2 aromatic rings. The Morgan fingerprint density at radius 2 is 2.14 bits per heavy atom. The van der Waals surface area contributed by atoms with Crippen LogP contribution in [0.5, 0.6) is 0 Å². The van der Waals surface area contributed by atoms with Crippen LogP contribution in [-0.2, 0) is 20.9 Å². The van der Waals surface area contributed by atoms with Gasteiger partial charge in [0.15, 0.2) is 6.10 Å². The predicted octanol–water partition coefficient (Wildman–Crippen LogP) is 1.26. The largest absolute Gasteiger partial charge is 0.479 e. The van der Waals surface area contributed by atoms with Crippen LogP contribution in [0.25, 0.3) is 10.9 Å². The van der Waals surface area contributed by atoms with Gasteiger partial charge in [0.25, 0.3) is 0 Å². The number of aromatic nitrogens is 1. The van der Waals surface area contributed by atoms with Crippen LogP contribution in [0.1, 0.15) is 5.69 Å². The SMILES string of the molecule is Cc1cc2ccccc2n1CC(=O)N1CCO[C@@H](C(=O)O)C1. The number of fused-ring (bicyclic) bond motifs is 1. The molecule has 2 heterocycles. The van der Waals surface area contributed by atoms with Crippen molar-refractivity contribution in [1.82, 2.24) is 9.47 Å². The maximum absolute atomic E-state index is 12.5. The molecule has 22 heavy (non-hydrogen) atoms. The summed E-state index contributed by atoms with van der Waals surface area (Å²) in [5.74, 6) is -1.11. The molecular weight excluding hydrogens is 284 g/mol. The monoisotopic (exact) mass is 302 g/mol. The highest BCUT2D eigenvalue weighted by Crippen LogP contribution is 2.19. The lowest BCUT2D eigenvalue weighted by Gasteiger charge is -2.31. The Labute approximate surface area is 127 Å². The number of ether oxygens (including phenoxy) is 1. The molecule has 0 radical (unpaired) electrons. The molecule has 1 aliphatic rings. The number of carboxylic acid groups (broad SMARTS) is 1. The number of rotatable bonds is 3. The summed E-state index contributed by atoms with van der Waals surface area (Å²) in [7, 11) is 0. The molecule has 3 rings (SSSR count). The molecule has 0 spiro atoms. The molecule has 1 saturated heterocycles. The van der Waals surface area contributed by atoms with Crippen molar-refractivity contribution in [3.8, 4) is 0 Å². The van der Waals surface area contributed by atoms with E-state index in [1.807, 2.05) is 41.8 Å². The lowest BCUT2D eigenvalue weighted by atomic mass is 10.2. The van der Waals surface area contributed by atoms with Crippen LogP contribution in [0.15, 0.2) is 30.3 Å². The van der Waals surface area contributed by atoms with Crippen molar-refractivity contribution in [2.24, 2.45) is 0 Å². The average molecular weight is 302 g/mol. The molecule has 0 aliphatic carbocycles. The summed E-state index contributed by atoms with van der Waals surface area (Å²) in [4.78, 5) is 25.1. The number of amides is 1. The summed E-state index contributed by atoms with van der Waals surface area (Å²) in [6.45, 7) is 2.97. The highest BCUT2D eigenvalue weighted by Gasteiger charge is 2.29. The fourth-order valence-electron chi connectivity index (χ4n) is 2.82. The van der Waals surface area contributed by atoms with Gasteiger partial charge in [-0.3, -0.25) is 4.79 Å². The predicted molar refractivity (Wildman–Crippen MR) is 80.6 cm³/mol. The van der Waals surface area contributed by atoms with Gasteiger partial charge in [-0.1, -0.05) is 18.2 Å². The first-order valence-corrected chi connectivity index (χ1v) is 7.23. The second-order valence-electron chi connectivity index (χ2n) is 5.47. The second-order valence-corrected chi connectivity index (χ2v) is 5.47. The number of carbonyl (C=O) groups excluding carboxylic acids is 1. The van der Waals surface area contributed by atoms with E-state index in [1.165, 1.54) is 0 Å². The number of carboxylic acids is 1. The van der Waals surface area contributed by atoms with Crippen molar-refractivity contribution in [1.29, 1.82) is 0 Å². The Kier molecular flexibility index (Phi) is 3.85. The van der Waals surface area contributed by atoms with Gasteiger partial charge in [-0.05, 0) is 24.4 Å². The number of nitrogens with zero attached hydrogens (tertiary/aromatic N) is 2. The number of hydrogen-bond acceptors (Lipinski definition) is 3. The van der Waals surface area contributed by atoms with E-state index >= 15 is 0 Å². The number of aryl methyl sites for hydroxylation is 1. The zero-order valence-electron chi connectivity index (χ0n) is 12.4. The van der Waals surface area contributed by atoms with Crippen LogP contribution < -0.4 is 0 Å². The van der Waals surface area contributed by atoms with Gasteiger partial charge in [0.05, 0.1) is 13.2 Å². The molecule has 1 aromatic heterocycles. The third-order valence-corrected chi connectivity index (χ3v) is 4.01. The van der Waals surface area contributed by atoms with E-state index in [4.69, 9.17) is 9.84 Å². The summed E-state index contributed by atoms with van der Waals surface area (Å²) in [6, 6.07) is 9.95. The fourth-order valence-corrected chi connectivity index (χ4v) is 2.82. The normalized spacial score (nSPS) is 18.6. The maximum atomic E-state index is 12.5. The minimum absolute atomic E-state index is 0.0843. The standard InChI is InChI=1S/C16H18N2O4/c1-11-8-12-4-2-3-5-13(12)18(11)10-15(19)17-6-7-22-14(9-17)16(20)21/h2-5,8,14H,6-7,9-10H2,1H3,(H,20,21)/t14-/m1/s1. The number of hydrogen-bond donors (Lipinski definition) is 1. The molecule has 1 N–H and O–H groups in total. The van der Waals surface area contributed by atoms with Crippen LogP contribution in [0.4, 0.5) is 0 Å². The van der Waals surface area contributed by atoms with E-state index < -0.39 is 12.1 Å². The number of carbonyl (C=O) groups is 2. The average Bonchev–Trinajstić information content (AvgIpc) is 2.83. The van der Waals surface area contributed by atoms with Crippen molar-refractivity contribution < 1.29 is 19.4 Å². The van der Waals surface area contributed by atoms with E-state index in [-0.39, 0.29) is 25.6 Å². The summed E-state index contributed by atoms with van der Waals surface area (Å²) in [6.07, 6.45) is -0.930. The zero-order chi connectivity index (χ0) is 15.7. The van der Waals surface area contributed by atoms with Crippen molar-refractivity contribution in [2.45, 2.75) is 19.6 Å².